The SMILES string of the molecule is CCCn1nncc1-c1ccc(F)cc1CN. The van der Waals surface area contributed by atoms with Crippen molar-refractivity contribution in [1.82, 2.24) is 15.0 Å². The number of halogens is 1. The molecule has 0 atom stereocenters. The first-order valence-electron chi connectivity index (χ1n) is 5.63. The topological polar surface area (TPSA) is 56.7 Å². The van der Waals surface area contributed by atoms with E-state index in [1.807, 2.05) is 4.68 Å². The van der Waals surface area contributed by atoms with E-state index < -0.39 is 0 Å². The average molecular weight is 234 g/mol. The Morgan fingerprint density at radius 3 is 2.94 bits per heavy atom. The van der Waals surface area contributed by atoms with Gasteiger partial charge in [-0.25, -0.2) is 9.07 Å². The standard InChI is InChI=1S/C12H15FN4/c1-2-5-17-12(8-15-16-17)11-4-3-10(13)6-9(11)7-14/h3-4,6,8H,2,5,7,14H2,1H3. The molecule has 0 bridgehead atoms. The summed E-state index contributed by atoms with van der Waals surface area (Å²) in [7, 11) is 0. The zero-order chi connectivity index (χ0) is 12.3. The molecular weight excluding hydrogens is 219 g/mol. The summed E-state index contributed by atoms with van der Waals surface area (Å²) in [6.07, 6.45) is 2.65. The molecule has 0 spiro atoms. The van der Waals surface area contributed by atoms with Crippen LogP contribution in [0.5, 0.6) is 0 Å². The Hall–Kier alpha value is -1.75. The molecule has 1 aromatic carbocycles. The fraction of sp³-hybridized carbons (Fsp3) is 0.333. The summed E-state index contributed by atoms with van der Waals surface area (Å²) in [5.74, 6) is -0.274. The summed E-state index contributed by atoms with van der Waals surface area (Å²) >= 11 is 0. The average Bonchev–Trinajstić information content (AvgIpc) is 2.77. The Labute approximate surface area is 99.2 Å². The van der Waals surface area contributed by atoms with Gasteiger partial charge in [0.2, 0.25) is 0 Å². The minimum Gasteiger partial charge on any atom is -0.326 e. The summed E-state index contributed by atoms with van der Waals surface area (Å²) in [4.78, 5) is 0. The van der Waals surface area contributed by atoms with Crippen LogP contribution in [-0.2, 0) is 13.1 Å². The second kappa shape index (κ2) is 5.05. The number of benzene rings is 1. The smallest absolute Gasteiger partial charge is 0.123 e. The predicted molar refractivity (Wildman–Crippen MR) is 63.6 cm³/mol. The van der Waals surface area contributed by atoms with E-state index in [0.717, 1.165) is 29.8 Å². The Balaban J connectivity index is 2.48. The van der Waals surface area contributed by atoms with Crippen molar-refractivity contribution in [3.8, 4) is 11.3 Å². The lowest BCUT2D eigenvalue weighted by molar-refractivity contribution is 0.583. The van der Waals surface area contributed by atoms with Crippen LogP contribution in [0.25, 0.3) is 11.3 Å². The molecule has 90 valence electrons. The highest BCUT2D eigenvalue weighted by Crippen LogP contribution is 2.23. The van der Waals surface area contributed by atoms with Gasteiger partial charge < -0.3 is 5.73 Å². The molecule has 0 aliphatic heterocycles. The molecule has 5 heteroatoms. The number of rotatable bonds is 4. The van der Waals surface area contributed by atoms with E-state index in [-0.39, 0.29) is 5.82 Å². The third-order valence-corrected chi connectivity index (χ3v) is 2.62. The van der Waals surface area contributed by atoms with Crippen molar-refractivity contribution < 1.29 is 4.39 Å². The van der Waals surface area contributed by atoms with E-state index in [0.29, 0.717) is 6.54 Å². The van der Waals surface area contributed by atoms with Crippen molar-refractivity contribution in [3.05, 3.63) is 35.8 Å². The van der Waals surface area contributed by atoms with Crippen molar-refractivity contribution in [1.29, 1.82) is 0 Å². The summed E-state index contributed by atoms with van der Waals surface area (Å²) < 4.78 is 14.9. The summed E-state index contributed by atoms with van der Waals surface area (Å²) in [5.41, 5.74) is 8.18. The maximum absolute atomic E-state index is 13.1. The van der Waals surface area contributed by atoms with Gasteiger partial charge in [-0.2, -0.15) is 0 Å². The van der Waals surface area contributed by atoms with Crippen LogP contribution in [0.2, 0.25) is 0 Å². The molecule has 0 unspecified atom stereocenters. The summed E-state index contributed by atoms with van der Waals surface area (Å²) in [5, 5.41) is 7.91. The van der Waals surface area contributed by atoms with Gasteiger partial charge in [0.05, 0.1) is 11.9 Å². The number of hydrogen-bond donors (Lipinski definition) is 1. The van der Waals surface area contributed by atoms with E-state index >= 15 is 0 Å². The normalized spacial score (nSPS) is 10.8. The Bertz CT molecular complexity index is 507. The van der Waals surface area contributed by atoms with Gasteiger partial charge >= 0.3 is 0 Å². The van der Waals surface area contributed by atoms with Gasteiger partial charge in [0.15, 0.2) is 0 Å². The second-order valence-corrected chi connectivity index (χ2v) is 3.85. The largest absolute Gasteiger partial charge is 0.326 e. The Morgan fingerprint density at radius 1 is 1.41 bits per heavy atom. The van der Waals surface area contributed by atoms with E-state index in [2.05, 4.69) is 17.2 Å². The van der Waals surface area contributed by atoms with E-state index in [4.69, 9.17) is 5.73 Å². The number of aryl methyl sites for hydroxylation is 1. The lowest BCUT2D eigenvalue weighted by Gasteiger charge is -2.09. The van der Waals surface area contributed by atoms with Crippen LogP contribution in [0, 0.1) is 5.82 Å². The van der Waals surface area contributed by atoms with Gasteiger partial charge in [-0.1, -0.05) is 12.1 Å². The van der Waals surface area contributed by atoms with Gasteiger partial charge in [-0.05, 0) is 30.2 Å². The molecule has 2 N–H and O–H groups in total. The van der Waals surface area contributed by atoms with Crippen LogP contribution in [0.4, 0.5) is 4.39 Å². The fourth-order valence-corrected chi connectivity index (χ4v) is 1.82. The highest BCUT2D eigenvalue weighted by molar-refractivity contribution is 5.63. The molecule has 0 aliphatic rings. The zero-order valence-corrected chi connectivity index (χ0v) is 9.73. The fourth-order valence-electron chi connectivity index (χ4n) is 1.82. The van der Waals surface area contributed by atoms with Crippen molar-refractivity contribution in [2.45, 2.75) is 26.4 Å². The molecule has 0 fully saturated rings. The van der Waals surface area contributed by atoms with Gasteiger partial charge in [0.25, 0.3) is 0 Å². The molecule has 0 saturated carbocycles. The van der Waals surface area contributed by atoms with Crippen LogP contribution < -0.4 is 5.73 Å². The third kappa shape index (κ3) is 2.34. The van der Waals surface area contributed by atoms with Crippen molar-refractivity contribution in [3.63, 3.8) is 0 Å². The van der Waals surface area contributed by atoms with Gasteiger partial charge in [0.1, 0.15) is 5.82 Å². The molecule has 0 saturated heterocycles. The summed E-state index contributed by atoms with van der Waals surface area (Å²) in [6, 6.07) is 4.61. The lowest BCUT2D eigenvalue weighted by Crippen LogP contribution is -2.05. The summed E-state index contributed by atoms with van der Waals surface area (Å²) in [6.45, 7) is 3.15. The number of nitrogens with two attached hydrogens (primary N) is 1. The van der Waals surface area contributed by atoms with Crippen LogP contribution in [0.1, 0.15) is 18.9 Å². The van der Waals surface area contributed by atoms with E-state index in [9.17, 15) is 4.39 Å². The second-order valence-electron chi connectivity index (χ2n) is 3.85. The number of hydrogen-bond acceptors (Lipinski definition) is 3. The first kappa shape index (κ1) is 11.7. The maximum Gasteiger partial charge on any atom is 0.123 e. The Kier molecular flexibility index (Phi) is 3.49. The number of nitrogens with zero attached hydrogens (tertiary/aromatic N) is 3. The van der Waals surface area contributed by atoms with Crippen LogP contribution in [0.15, 0.2) is 24.4 Å². The van der Waals surface area contributed by atoms with Gasteiger partial charge in [0, 0.05) is 18.7 Å². The van der Waals surface area contributed by atoms with Gasteiger partial charge in [-0.3, -0.25) is 0 Å². The molecule has 0 aliphatic carbocycles. The van der Waals surface area contributed by atoms with Crippen molar-refractivity contribution >= 4 is 0 Å². The predicted octanol–water partition coefficient (Wildman–Crippen LogP) is 1.95. The molecule has 0 radical (unpaired) electrons. The van der Waals surface area contributed by atoms with Crippen LogP contribution in [-0.4, -0.2) is 15.0 Å². The number of aromatic nitrogens is 3. The van der Waals surface area contributed by atoms with E-state index in [1.54, 1.807) is 12.3 Å². The minimum atomic E-state index is -0.274. The molecule has 1 heterocycles. The lowest BCUT2D eigenvalue weighted by atomic mass is 10.0. The molecule has 1 aromatic heterocycles. The van der Waals surface area contributed by atoms with Gasteiger partial charge in [-0.15, -0.1) is 5.10 Å². The monoisotopic (exact) mass is 234 g/mol. The quantitative estimate of drug-likeness (QED) is 0.879. The highest BCUT2D eigenvalue weighted by Gasteiger charge is 2.10. The van der Waals surface area contributed by atoms with Crippen LogP contribution >= 0.6 is 0 Å². The molecule has 0 amide bonds. The maximum atomic E-state index is 13.1. The third-order valence-electron chi connectivity index (χ3n) is 2.62. The van der Waals surface area contributed by atoms with E-state index in [1.165, 1.54) is 12.1 Å². The first-order chi connectivity index (χ1) is 8.26. The molecule has 17 heavy (non-hydrogen) atoms. The Morgan fingerprint density at radius 2 is 2.24 bits per heavy atom. The molecule has 2 aromatic rings. The first-order valence-corrected chi connectivity index (χ1v) is 5.63. The zero-order valence-electron chi connectivity index (χ0n) is 9.73. The highest BCUT2D eigenvalue weighted by atomic mass is 19.1. The molecular formula is C12H15FN4. The molecule has 2 rings (SSSR count). The van der Waals surface area contributed by atoms with Crippen molar-refractivity contribution in [2.75, 3.05) is 0 Å². The minimum absolute atomic E-state index is 0.274. The molecule has 4 nitrogen and oxygen atoms in total. The van der Waals surface area contributed by atoms with Crippen LogP contribution in [0.3, 0.4) is 0 Å². The van der Waals surface area contributed by atoms with Crippen molar-refractivity contribution in [2.24, 2.45) is 5.73 Å².